The Labute approximate surface area is 181 Å². The van der Waals surface area contributed by atoms with Crippen LogP contribution in [0.15, 0.2) is 4.99 Å². The van der Waals surface area contributed by atoms with Crippen LogP contribution in [0.1, 0.15) is 46.0 Å². The van der Waals surface area contributed by atoms with Gasteiger partial charge in [0.1, 0.15) is 0 Å². The van der Waals surface area contributed by atoms with Crippen molar-refractivity contribution < 1.29 is 14.3 Å². The quantitative estimate of drug-likeness (QED) is 0.359. The molecule has 0 aliphatic carbocycles. The van der Waals surface area contributed by atoms with Gasteiger partial charge in [0.15, 0.2) is 5.96 Å². The molecule has 0 aromatic carbocycles. The van der Waals surface area contributed by atoms with E-state index < -0.39 is 0 Å². The maximum absolute atomic E-state index is 12.7. The summed E-state index contributed by atoms with van der Waals surface area (Å²) in [6.07, 6.45) is 5.61. The molecule has 0 bridgehead atoms. The molecule has 0 spiro atoms. The number of nitrogens with one attached hydrogen (secondary N) is 1. The van der Waals surface area contributed by atoms with Crippen molar-refractivity contribution in [3.63, 3.8) is 0 Å². The van der Waals surface area contributed by atoms with Crippen LogP contribution < -0.4 is 5.32 Å². The van der Waals surface area contributed by atoms with Gasteiger partial charge >= 0.3 is 0 Å². The van der Waals surface area contributed by atoms with E-state index in [1.807, 2.05) is 4.90 Å². The summed E-state index contributed by atoms with van der Waals surface area (Å²) in [6, 6.07) is -0.0212. The van der Waals surface area contributed by atoms with E-state index in [9.17, 15) is 4.79 Å². The standard InChI is InChI=1S/C22H41N5O3/c1-3-23-22(24-9-6-16-30-20-7-17-29-18-8-20)27-14-12-25(13-15-27)19(2)21(28)26-10-4-5-11-26/h19-20H,3-18H2,1-2H3,(H,23,24). The topological polar surface area (TPSA) is 69.6 Å². The number of hydrogen-bond donors (Lipinski definition) is 1. The Morgan fingerprint density at radius 3 is 2.47 bits per heavy atom. The number of rotatable bonds is 8. The molecular weight excluding hydrogens is 382 g/mol. The highest BCUT2D eigenvalue weighted by molar-refractivity contribution is 5.82. The van der Waals surface area contributed by atoms with Crippen LogP contribution in [0.4, 0.5) is 0 Å². The maximum Gasteiger partial charge on any atom is 0.239 e. The van der Waals surface area contributed by atoms with Gasteiger partial charge in [0.05, 0.1) is 12.1 Å². The minimum Gasteiger partial charge on any atom is -0.381 e. The van der Waals surface area contributed by atoms with E-state index in [1.165, 1.54) is 0 Å². The summed E-state index contributed by atoms with van der Waals surface area (Å²) in [5.74, 6) is 1.28. The van der Waals surface area contributed by atoms with Crippen molar-refractivity contribution in [2.75, 3.05) is 72.2 Å². The summed E-state index contributed by atoms with van der Waals surface area (Å²) in [5, 5.41) is 3.43. The molecule has 0 aromatic heterocycles. The van der Waals surface area contributed by atoms with E-state index in [2.05, 4.69) is 29.0 Å². The number of ether oxygens (including phenoxy) is 2. The first-order chi connectivity index (χ1) is 14.7. The van der Waals surface area contributed by atoms with Gasteiger partial charge in [-0.3, -0.25) is 14.7 Å². The van der Waals surface area contributed by atoms with Gasteiger partial charge in [-0.05, 0) is 46.0 Å². The minimum atomic E-state index is -0.0212. The Morgan fingerprint density at radius 1 is 1.10 bits per heavy atom. The van der Waals surface area contributed by atoms with E-state index in [4.69, 9.17) is 14.5 Å². The lowest BCUT2D eigenvalue weighted by molar-refractivity contribution is -0.135. The first-order valence-electron chi connectivity index (χ1n) is 11.9. The molecule has 3 aliphatic heterocycles. The summed E-state index contributed by atoms with van der Waals surface area (Å²) in [7, 11) is 0. The monoisotopic (exact) mass is 423 g/mol. The number of hydrogen-bond acceptors (Lipinski definition) is 5. The van der Waals surface area contributed by atoms with E-state index in [1.54, 1.807) is 0 Å². The highest BCUT2D eigenvalue weighted by Gasteiger charge is 2.30. The molecule has 3 aliphatic rings. The van der Waals surface area contributed by atoms with Gasteiger partial charge < -0.3 is 24.6 Å². The van der Waals surface area contributed by atoms with Gasteiger partial charge in [-0.15, -0.1) is 0 Å². The minimum absolute atomic E-state index is 0.0212. The fraction of sp³-hybridized carbons (Fsp3) is 0.909. The molecule has 3 saturated heterocycles. The van der Waals surface area contributed by atoms with Gasteiger partial charge in [0.2, 0.25) is 5.91 Å². The van der Waals surface area contributed by atoms with Gasteiger partial charge in [0, 0.05) is 72.2 Å². The molecule has 3 rings (SSSR count). The molecule has 8 nitrogen and oxygen atoms in total. The molecule has 1 amide bonds. The molecule has 0 radical (unpaired) electrons. The second kappa shape index (κ2) is 12.5. The number of nitrogens with zero attached hydrogens (tertiary/aromatic N) is 4. The number of likely N-dealkylation sites (tertiary alicyclic amines) is 1. The lowest BCUT2D eigenvalue weighted by Gasteiger charge is -2.39. The molecule has 3 fully saturated rings. The van der Waals surface area contributed by atoms with Crippen LogP contribution in [0.2, 0.25) is 0 Å². The molecule has 8 heteroatoms. The summed E-state index contributed by atoms with van der Waals surface area (Å²) in [5.41, 5.74) is 0. The van der Waals surface area contributed by atoms with E-state index >= 15 is 0 Å². The zero-order valence-electron chi connectivity index (χ0n) is 19.0. The van der Waals surface area contributed by atoms with Crippen molar-refractivity contribution in [1.29, 1.82) is 0 Å². The fourth-order valence-electron chi connectivity index (χ4n) is 4.45. The van der Waals surface area contributed by atoms with Crippen LogP contribution >= 0.6 is 0 Å². The molecular formula is C22H41N5O3. The van der Waals surface area contributed by atoms with Gasteiger partial charge in [-0.2, -0.15) is 0 Å². The van der Waals surface area contributed by atoms with E-state index in [-0.39, 0.29) is 6.04 Å². The average Bonchev–Trinajstić information content (AvgIpc) is 3.33. The molecule has 0 aromatic rings. The molecule has 1 unspecified atom stereocenters. The number of amides is 1. The number of aliphatic imine (C=N–C) groups is 1. The summed E-state index contributed by atoms with van der Waals surface area (Å²) in [4.78, 5) is 24.2. The molecule has 172 valence electrons. The SMILES string of the molecule is CCNC(=NCCCOC1CCOCC1)N1CCN(C(C)C(=O)N2CCCC2)CC1. The van der Waals surface area contributed by atoms with Gasteiger partial charge in [-0.1, -0.05) is 0 Å². The smallest absolute Gasteiger partial charge is 0.239 e. The normalized spacial score (nSPS) is 23.1. The van der Waals surface area contributed by atoms with Crippen molar-refractivity contribution in [1.82, 2.24) is 20.0 Å². The Balaban J connectivity index is 1.39. The Kier molecular flexibility index (Phi) is 9.68. The number of guanidine groups is 1. The van der Waals surface area contributed by atoms with Crippen LogP contribution in [0, 0.1) is 0 Å². The van der Waals surface area contributed by atoms with Crippen molar-refractivity contribution in [3.05, 3.63) is 0 Å². The second-order valence-electron chi connectivity index (χ2n) is 8.50. The predicted octanol–water partition coefficient (Wildman–Crippen LogP) is 1.17. The van der Waals surface area contributed by atoms with Crippen molar-refractivity contribution in [3.8, 4) is 0 Å². The van der Waals surface area contributed by atoms with Crippen LogP contribution in [0.3, 0.4) is 0 Å². The zero-order chi connectivity index (χ0) is 21.2. The van der Waals surface area contributed by atoms with Gasteiger partial charge in [0.25, 0.3) is 0 Å². The lowest BCUT2D eigenvalue weighted by atomic mass is 10.1. The Hall–Kier alpha value is -1.38. The van der Waals surface area contributed by atoms with Crippen molar-refractivity contribution in [2.24, 2.45) is 4.99 Å². The van der Waals surface area contributed by atoms with E-state index in [0.717, 1.165) is 110 Å². The highest BCUT2D eigenvalue weighted by Crippen LogP contribution is 2.14. The first-order valence-corrected chi connectivity index (χ1v) is 11.9. The first kappa shape index (κ1) is 23.3. The molecule has 3 heterocycles. The molecule has 1 atom stereocenters. The Bertz CT molecular complexity index is 539. The summed E-state index contributed by atoms with van der Waals surface area (Å²) < 4.78 is 11.3. The maximum atomic E-state index is 12.7. The van der Waals surface area contributed by atoms with Crippen molar-refractivity contribution >= 4 is 11.9 Å². The van der Waals surface area contributed by atoms with Crippen LogP contribution in [-0.4, -0.2) is 111 Å². The predicted molar refractivity (Wildman–Crippen MR) is 119 cm³/mol. The number of carbonyl (C=O) groups excluding carboxylic acids is 1. The van der Waals surface area contributed by atoms with E-state index in [0.29, 0.717) is 12.0 Å². The van der Waals surface area contributed by atoms with Crippen molar-refractivity contribution in [2.45, 2.75) is 58.1 Å². The third-order valence-electron chi connectivity index (χ3n) is 6.36. The second-order valence-corrected chi connectivity index (χ2v) is 8.50. The summed E-state index contributed by atoms with van der Waals surface area (Å²) >= 11 is 0. The van der Waals surface area contributed by atoms with Crippen LogP contribution in [-0.2, 0) is 14.3 Å². The zero-order valence-corrected chi connectivity index (χ0v) is 19.0. The largest absolute Gasteiger partial charge is 0.381 e. The lowest BCUT2D eigenvalue weighted by Crippen LogP contribution is -2.57. The third kappa shape index (κ3) is 6.82. The number of carbonyl (C=O) groups is 1. The summed E-state index contributed by atoms with van der Waals surface area (Å²) in [6.45, 7) is 13.7. The third-order valence-corrected chi connectivity index (χ3v) is 6.36. The number of piperazine rings is 1. The fourth-order valence-corrected chi connectivity index (χ4v) is 4.45. The van der Waals surface area contributed by atoms with Gasteiger partial charge in [-0.25, -0.2) is 0 Å². The van der Waals surface area contributed by atoms with Crippen LogP contribution in [0.25, 0.3) is 0 Å². The molecule has 30 heavy (non-hydrogen) atoms. The Morgan fingerprint density at radius 2 is 1.80 bits per heavy atom. The molecule has 1 N–H and O–H groups in total. The molecule has 0 saturated carbocycles. The van der Waals surface area contributed by atoms with Crippen LogP contribution in [0.5, 0.6) is 0 Å². The highest BCUT2D eigenvalue weighted by atomic mass is 16.5. The average molecular weight is 424 g/mol.